The van der Waals surface area contributed by atoms with Crippen LogP contribution < -0.4 is 15.6 Å². The predicted molar refractivity (Wildman–Crippen MR) is 102 cm³/mol. The number of fused-ring (bicyclic) bond motifs is 1. The molecular formula is C20H15FN4O4. The minimum Gasteiger partial charge on any atom is -0.497 e. The zero-order chi connectivity index (χ0) is 20.4. The molecule has 0 bridgehead atoms. The Labute approximate surface area is 163 Å². The number of aromatic amines is 1. The number of hydrogen-bond donors (Lipinski definition) is 2. The number of ether oxygens (including phenoxy) is 1. The van der Waals surface area contributed by atoms with Gasteiger partial charge < -0.3 is 19.6 Å². The molecule has 2 aromatic heterocycles. The molecule has 0 fully saturated rings. The third-order valence-corrected chi connectivity index (χ3v) is 4.27. The zero-order valence-electron chi connectivity index (χ0n) is 15.2. The third-order valence-electron chi connectivity index (χ3n) is 4.27. The minimum atomic E-state index is -0.620. The SMILES string of the molecule is COc1ccc(-c2noc(CNC(=O)c3cc4ccc(F)cc4[nH]c3=O)n2)cc1. The number of rotatable bonds is 5. The second kappa shape index (κ2) is 7.55. The Hall–Kier alpha value is -4.01. The number of H-pyrrole nitrogens is 1. The number of halogens is 1. The Morgan fingerprint density at radius 2 is 2.00 bits per heavy atom. The first-order valence-electron chi connectivity index (χ1n) is 8.61. The fourth-order valence-corrected chi connectivity index (χ4v) is 2.78. The summed E-state index contributed by atoms with van der Waals surface area (Å²) in [5.74, 6) is 0.162. The molecule has 146 valence electrons. The highest BCUT2D eigenvalue weighted by Crippen LogP contribution is 2.19. The van der Waals surface area contributed by atoms with Crippen molar-refractivity contribution in [2.75, 3.05) is 7.11 Å². The van der Waals surface area contributed by atoms with E-state index in [2.05, 4.69) is 20.4 Å². The monoisotopic (exact) mass is 394 g/mol. The first kappa shape index (κ1) is 18.4. The van der Waals surface area contributed by atoms with Crippen molar-refractivity contribution in [3.05, 3.63) is 76.2 Å². The van der Waals surface area contributed by atoms with Gasteiger partial charge >= 0.3 is 0 Å². The zero-order valence-corrected chi connectivity index (χ0v) is 15.2. The van der Waals surface area contributed by atoms with Gasteiger partial charge in [0.05, 0.1) is 19.2 Å². The first-order chi connectivity index (χ1) is 14.0. The Balaban J connectivity index is 1.48. The molecule has 1 amide bonds. The van der Waals surface area contributed by atoms with Gasteiger partial charge in [-0.15, -0.1) is 0 Å². The number of methoxy groups -OCH3 is 1. The van der Waals surface area contributed by atoms with Crippen LogP contribution in [0, 0.1) is 5.82 Å². The molecule has 4 aromatic rings. The molecule has 0 aliphatic carbocycles. The van der Waals surface area contributed by atoms with Gasteiger partial charge in [0.1, 0.15) is 17.1 Å². The fraction of sp³-hybridized carbons (Fsp3) is 0.100. The number of pyridine rings is 1. The molecule has 0 unspecified atom stereocenters. The van der Waals surface area contributed by atoms with Crippen LogP contribution >= 0.6 is 0 Å². The average Bonchev–Trinajstić information content (AvgIpc) is 3.20. The number of amides is 1. The van der Waals surface area contributed by atoms with Crippen molar-refractivity contribution in [1.29, 1.82) is 0 Å². The summed E-state index contributed by atoms with van der Waals surface area (Å²) in [7, 11) is 1.57. The molecule has 0 saturated heterocycles. The van der Waals surface area contributed by atoms with E-state index >= 15 is 0 Å². The van der Waals surface area contributed by atoms with Crippen LogP contribution in [0.25, 0.3) is 22.3 Å². The highest BCUT2D eigenvalue weighted by molar-refractivity contribution is 5.97. The summed E-state index contributed by atoms with van der Waals surface area (Å²) in [6.07, 6.45) is 0. The maximum Gasteiger partial charge on any atom is 0.261 e. The lowest BCUT2D eigenvalue weighted by molar-refractivity contribution is 0.0945. The number of hydrogen-bond acceptors (Lipinski definition) is 6. The molecule has 0 saturated carbocycles. The van der Waals surface area contributed by atoms with Crippen molar-refractivity contribution in [3.63, 3.8) is 0 Å². The molecular weight excluding hydrogens is 379 g/mol. The lowest BCUT2D eigenvalue weighted by Gasteiger charge is -2.04. The van der Waals surface area contributed by atoms with E-state index in [-0.39, 0.29) is 18.0 Å². The molecule has 0 atom stereocenters. The van der Waals surface area contributed by atoms with Crippen LogP contribution in [0.1, 0.15) is 16.2 Å². The van der Waals surface area contributed by atoms with Crippen LogP contribution in [0.5, 0.6) is 5.75 Å². The summed E-state index contributed by atoms with van der Waals surface area (Å²) in [5.41, 5.74) is 0.321. The highest BCUT2D eigenvalue weighted by atomic mass is 19.1. The van der Waals surface area contributed by atoms with E-state index in [1.54, 1.807) is 31.4 Å². The number of carbonyl (C=O) groups is 1. The summed E-state index contributed by atoms with van der Waals surface area (Å²) in [5, 5.41) is 6.98. The van der Waals surface area contributed by atoms with Crippen molar-refractivity contribution in [2.45, 2.75) is 6.54 Å². The number of carbonyl (C=O) groups excluding carboxylic acids is 1. The van der Waals surface area contributed by atoms with Crippen LogP contribution in [0.15, 0.2) is 57.8 Å². The van der Waals surface area contributed by atoms with Gasteiger partial charge in [-0.3, -0.25) is 9.59 Å². The lowest BCUT2D eigenvalue weighted by atomic mass is 10.1. The topological polar surface area (TPSA) is 110 Å². The molecule has 0 aliphatic heterocycles. The second-order valence-corrected chi connectivity index (χ2v) is 6.17. The second-order valence-electron chi connectivity index (χ2n) is 6.17. The molecule has 2 aromatic carbocycles. The van der Waals surface area contributed by atoms with Gasteiger partial charge in [0.25, 0.3) is 11.5 Å². The van der Waals surface area contributed by atoms with E-state index in [4.69, 9.17) is 9.26 Å². The number of benzene rings is 2. The maximum atomic E-state index is 13.3. The maximum absolute atomic E-state index is 13.3. The van der Waals surface area contributed by atoms with Gasteiger partial charge in [0, 0.05) is 5.56 Å². The predicted octanol–water partition coefficient (Wildman–Crippen LogP) is 2.66. The Morgan fingerprint density at radius 1 is 1.21 bits per heavy atom. The van der Waals surface area contributed by atoms with E-state index in [0.717, 1.165) is 5.56 Å². The van der Waals surface area contributed by atoms with Crippen LogP contribution in [-0.2, 0) is 6.54 Å². The lowest BCUT2D eigenvalue weighted by Crippen LogP contribution is -2.29. The standard InChI is InChI=1S/C20H15FN4O4/c1-28-14-6-3-11(4-7-14)18-24-17(29-25-18)10-22-19(26)15-8-12-2-5-13(21)9-16(12)23-20(15)27/h2-9H,10H2,1H3,(H,22,26)(H,23,27). The van der Waals surface area contributed by atoms with E-state index in [0.29, 0.717) is 22.5 Å². The Kier molecular flexibility index (Phi) is 4.78. The van der Waals surface area contributed by atoms with E-state index in [1.165, 1.54) is 24.3 Å². The number of aromatic nitrogens is 3. The molecule has 0 spiro atoms. The Bertz CT molecular complexity index is 1250. The average molecular weight is 394 g/mol. The fourth-order valence-electron chi connectivity index (χ4n) is 2.78. The molecule has 8 nitrogen and oxygen atoms in total. The van der Waals surface area contributed by atoms with Crippen LogP contribution in [-0.4, -0.2) is 28.1 Å². The van der Waals surface area contributed by atoms with Crippen LogP contribution in [0.4, 0.5) is 4.39 Å². The summed E-state index contributed by atoms with van der Waals surface area (Å²) in [6.45, 7) is -0.0527. The molecule has 2 N–H and O–H groups in total. The normalized spacial score (nSPS) is 10.8. The largest absolute Gasteiger partial charge is 0.497 e. The van der Waals surface area contributed by atoms with Gasteiger partial charge in [-0.2, -0.15) is 4.98 Å². The van der Waals surface area contributed by atoms with Crippen molar-refractivity contribution in [1.82, 2.24) is 20.4 Å². The van der Waals surface area contributed by atoms with Crippen molar-refractivity contribution < 1.29 is 18.4 Å². The minimum absolute atomic E-state index is 0.0527. The van der Waals surface area contributed by atoms with Gasteiger partial charge in [0.2, 0.25) is 11.7 Å². The molecule has 29 heavy (non-hydrogen) atoms. The van der Waals surface area contributed by atoms with E-state index in [9.17, 15) is 14.0 Å². The van der Waals surface area contributed by atoms with Crippen LogP contribution in [0.2, 0.25) is 0 Å². The molecule has 9 heteroatoms. The number of nitrogens with one attached hydrogen (secondary N) is 2. The van der Waals surface area contributed by atoms with Crippen molar-refractivity contribution in [2.24, 2.45) is 0 Å². The summed E-state index contributed by atoms with van der Waals surface area (Å²) < 4.78 is 23.5. The van der Waals surface area contributed by atoms with Crippen molar-refractivity contribution >= 4 is 16.8 Å². The first-order valence-corrected chi connectivity index (χ1v) is 8.61. The van der Waals surface area contributed by atoms with Gasteiger partial charge in [-0.25, -0.2) is 4.39 Å². The molecule has 0 aliphatic rings. The molecule has 0 radical (unpaired) electrons. The number of nitrogens with zero attached hydrogens (tertiary/aromatic N) is 2. The van der Waals surface area contributed by atoms with Gasteiger partial charge in [0.15, 0.2) is 0 Å². The van der Waals surface area contributed by atoms with Crippen molar-refractivity contribution in [3.8, 4) is 17.1 Å². The van der Waals surface area contributed by atoms with Gasteiger partial charge in [-0.05, 0) is 53.9 Å². The third kappa shape index (κ3) is 3.84. The Morgan fingerprint density at radius 3 is 2.76 bits per heavy atom. The summed E-state index contributed by atoms with van der Waals surface area (Å²) in [4.78, 5) is 31.2. The van der Waals surface area contributed by atoms with E-state index in [1.807, 2.05) is 0 Å². The van der Waals surface area contributed by atoms with Gasteiger partial charge in [-0.1, -0.05) is 5.16 Å². The molecule has 2 heterocycles. The highest BCUT2D eigenvalue weighted by Gasteiger charge is 2.14. The van der Waals surface area contributed by atoms with Crippen LogP contribution in [0.3, 0.4) is 0 Å². The summed E-state index contributed by atoms with van der Waals surface area (Å²) in [6, 6.07) is 12.4. The molecule has 4 rings (SSSR count). The smallest absolute Gasteiger partial charge is 0.261 e. The van der Waals surface area contributed by atoms with E-state index < -0.39 is 17.3 Å². The summed E-state index contributed by atoms with van der Waals surface area (Å²) >= 11 is 0. The quantitative estimate of drug-likeness (QED) is 0.539.